The van der Waals surface area contributed by atoms with Crippen LogP contribution in [0.3, 0.4) is 0 Å². The van der Waals surface area contributed by atoms with E-state index in [-0.39, 0.29) is 12.5 Å². The van der Waals surface area contributed by atoms with Crippen molar-refractivity contribution in [2.45, 2.75) is 39.7 Å². The van der Waals surface area contributed by atoms with Crippen molar-refractivity contribution in [2.24, 2.45) is 0 Å². The van der Waals surface area contributed by atoms with E-state index in [4.69, 9.17) is 0 Å². The lowest BCUT2D eigenvalue weighted by Gasteiger charge is -2.30. The molecule has 0 amide bonds. The summed E-state index contributed by atoms with van der Waals surface area (Å²) in [5.41, 5.74) is 1.50. The van der Waals surface area contributed by atoms with Gasteiger partial charge in [-0.25, -0.2) is 4.39 Å². The van der Waals surface area contributed by atoms with Crippen LogP contribution in [0.5, 0.6) is 0 Å². The Morgan fingerprint density at radius 2 is 1.94 bits per heavy atom. The van der Waals surface area contributed by atoms with Crippen LogP contribution in [-0.2, 0) is 0 Å². The highest BCUT2D eigenvalue weighted by molar-refractivity contribution is 5.49. The van der Waals surface area contributed by atoms with Gasteiger partial charge in [0.15, 0.2) is 0 Å². The van der Waals surface area contributed by atoms with Crippen LogP contribution in [0.4, 0.5) is 10.1 Å². The van der Waals surface area contributed by atoms with Gasteiger partial charge < -0.3 is 10.0 Å². The van der Waals surface area contributed by atoms with Crippen molar-refractivity contribution in [3.05, 3.63) is 29.6 Å². The molecule has 1 aromatic carbocycles. The fourth-order valence-corrected chi connectivity index (χ4v) is 1.94. The molecular formula is C13H20FNO. The van der Waals surface area contributed by atoms with Crippen molar-refractivity contribution in [3.8, 4) is 0 Å². The molecule has 0 unspecified atom stereocenters. The van der Waals surface area contributed by atoms with E-state index in [0.29, 0.717) is 11.6 Å². The van der Waals surface area contributed by atoms with E-state index in [9.17, 15) is 9.50 Å². The first-order chi connectivity index (χ1) is 7.63. The molecule has 0 aliphatic heterocycles. The van der Waals surface area contributed by atoms with Crippen molar-refractivity contribution in [2.75, 3.05) is 11.6 Å². The Morgan fingerprint density at radius 3 is 2.38 bits per heavy atom. The molecule has 0 aromatic heterocycles. The molecule has 0 fully saturated rings. The number of halogens is 1. The predicted molar refractivity (Wildman–Crippen MR) is 65.1 cm³/mol. The SMILES string of the molecule is CCC(CC)N(CO)c1ccc(F)c(C)c1. The molecule has 0 radical (unpaired) electrons. The first kappa shape index (κ1) is 13.0. The van der Waals surface area contributed by atoms with Crippen LogP contribution in [-0.4, -0.2) is 17.9 Å². The molecule has 0 saturated heterocycles. The third-order valence-electron chi connectivity index (χ3n) is 3.01. The van der Waals surface area contributed by atoms with E-state index in [2.05, 4.69) is 13.8 Å². The number of benzene rings is 1. The van der Waals surface area contributed by atoms with Crippen molar-refractivity contribution in [1.82, 2.24) is 0 Å². The second-order valence-corrected chi connectivity index (χ2v) is 4.02. The molecule has 1 rings (SSSR count). The molecule has 0 bridgehead atoms. The number of aliphatic hydroxyl groups excluding tert-OH is 1. The first-order valence-electron chi connectivity index (χ1n) is 5.77. The molecule has 3 heteroatoms. The summed E-state index contributed by atoms with van der Waals surface area (Å²) in [5.74, 6) is -0.203. The molecule has 16 heavy (non-hydrogen) atoms. The van der Waals surface area contributed by atoms with Gasteiger partial charge in [-0.05, 0) is 43.5 Å². The summed E-state index contributed by atoms with van der Waals surface area (Å²) >= 11 is 0. The zero-order valence-electron chi connectivity index (χ0n) is 10.2. The minimum atomic E-state index is -0.203. The smallest absolute Gasteiger partial charge is 0.126 e. The number of aliphatic hydroxyl groups is 1. The van der Waals surface area contributed by atoms with E-state index < -0.39 is 0 Å². The Bertz CT molecular complexity index is 337. The van der Waals surface area contributed by atoms with Crippen LogP contribution < -0.4 is 4.90 Å². The topological polar surface area (TPSA) is 23.5 Å². The second-order valence-electron chi connectivity index (χ2n) is 4.02. The molecule has 0 heterocycles. The van der Waals surface area contributed by atoms with Gasteiger partial charge in [0.25, 0.3) is 0 Å². The van der Waals surface area contributed by atoms with E-state index >= 15 is 0 Å². The maximum atomic E-state index is 13.1. The second kappa shape index (κ2) is 5.85. The lowest BCUT2D eigenvalue weighted by Crippen LogP contribution is -2.35. The maximum Gasteiger partial charge on any atom is 0.126 e. The summed E-state index contributed by atoms with van der Waals surface area (Å²) in [5, 5.41) is 9.40. The van der Waals surface area contributed by atoms with Gasteiger partial charge in [-0.2, -0.15) is 0 Å². The summed E-state index contributed by atoms with van der Waals surface area (Å²) in [6.07, 6.45) is 1.93. The first-order valence-corrected chi connectivity index (χ1v) is 5.77. The van der Waals surface area contributed by atoms with Crippen LogP contribution in [0.2, 0.25) is 0 Å². The molecule has 90 valence electrons. The average molecular weight is 225 g/mol. The third-order valence-corrected chi connectivity index (χ3v) is 3.01. The monoisotopic (exact) mass is 225 g/mol. The van der Waals surface area contributed by atoms with E-state index in [1.54, 1.807) is 19.1 Å². The number of anilines is 1. The largest absolute Gasteiger partial charge is 0.376 e. The molecule has 0 aliphatic carbocycles. The number of aryl methyl sites for hydroxylation is 1. The lowest BCUT2D eigenvalue weighted by atomic mass is 10.1. The van der Waals surface area contributed by atoms with Crippen molar-refractivity contribution >= 4 is 5.69 Å². The Labute approximate surface area is 96.7 Å². The lowest BCUT2D eigenvalue weighted by molar-refractivity contribution is 0.273. The van der Waals surface area contributed by atoms with Gasteiger partial charge >= 0.3 is 0 Å². The number of rotatable bonds is 5. The predicted octanol–water partition coefficient (Wildman–Crippen LogP) is 3.08. The summed E-state index contributed by atoms with van der Waals surface area (Å²) in [7, 11) is 0. The van der Waals surface area contributed by atoms with Gasteiger partial charge in [0, 0.05) is 11.7 Å². The van der Waals surface area contributed by atoms with Crippen LogP contribution in [0.1, 0.15) is 32.3 Å². The minimum Gasteiger partial charge on any atom is -0.376 e. The Balaban J connectivity index is 2.98. The summed E-state index contributed by atoms with van der Waals surface area (Å²) in [6, 6.07) is 5.26. The highest BCUT2D eigenvalue weighted by atomic mass is 19.1. The quantitative estimate of drug-likeness (QED) is 0.778. The molecule has 2 nitrogen and oxygen atoms in total. The van der Waals surface area contributed by atoms with Crippen LogP contribution in [0.25, 0.3) is 0 Å². The highest BCUT2D eigenvalue weighted by Crippen LogP contribution is 2.22. The average Bonchev–Trinajstić information content (AvgIpc) is 2.29. The fraction of sp³-hybridized carbons (Fsp3) is 0.538. The minimum absolute atomic E-state index is 0.0303. The zero-order chi connectivity index (χ0) is 12.1. The van der Waals surface area contributed by atoms with Crippen molar-refractivity contribution in [3.63, 3.8) is 0 Å². The van der Waals surface area contributed by atoms with Crippen LogP contribution in [0.15, 0.2) is 18.2 Å². The standard InChI is InChI=1S/C13H20FNO/c1-4-11(5-2)15(9-16)12-6-7-13(14)10(3)8-12/h6-8,11,16H,4-5,9H2,1-3H3. The van der Waals surface area contributed by atoms with Gasteiger partial charge in [-0.15, -0.1) is 0 Å². The maximum absolute atomic E-state index is 13.1. The zero-order valence-corrected chi connectivity index (χ0v) is 10.2. The highest BCUT2D eigenvalue weighted by Gasteiger charge is 2.15. The van der Waals surface area contributed by atoms with Crippen molar-refractivity contribution < 1.29 is 9.50 Å². The van der Waals surface area contributed by atoms with Gasteiger partial charge in [-0.1, -0.05) is 13.8 Å². The summed E-state index contributed by atoms with van der Waals surface area (Å²) in [6.45, 7) is 5.89. The Kier molecular flexibility index (Phi) is 4.74. The normalized spacial score (nSPS) is 10.9. The van der Waals surface area contributed by atoms with Crippen molar-refractivity contribution in [1.29, 1.82) is 0 Å². The molecule has 0 aliphatic rings. The molecular weight excluding hydrogens is 205 g/mol. The van der Waals surface area contributed by atoms with Gasteiger partial charge in [0.2, 0.25) is 0 Å². The molecule has 0 spiro atoms. The van der Waals surface area contributed by atoms with E-state index in [1.807, 2.05) is 4.90 Å². The number of hydrogen-bond acceptors (Lipinski definition) is 2. The molecule has 1 aromatic rings. The fourth-order valence-electron chi connectivity index (χ4n) is 1.94. The van der Waals surface area contributed by atoms with E-state index in [0.717, 1.165) is 18.5 Å². The summed E-state index contributed by atoms with van der Waals surface area (Å²) < 4.78 is 13.1. The van der Waals surface area contributed by atoms with Gasteiger partial charge in [0.05, 0.1) is 0 Å². The van der Waals surface area contributed by atoms with Gasteiger partial charge in [-0.3, -0.25) is 0 Å². The Hall–Kier alpha value is -1.09. The third kappa shape index (κ3) is 2.73. The molecule has 1 N–H and O–H groups in total. The van der Waals surface area contributed by atoms with Crippen LogP contribution in [0, 0.1) is 12.7 Å². The molecule has 0 atom stereocenters. The molecule has 0 saturated carbocycles. The van der Waals surface area contributed by atoms with Crippen LogP contribution >= 0.6 is 0 Å². The van der Waals surface area contributed by atoms with Gasteiger partial charge in [0.1, 0.15) is 12.5 Å². The van der Waals surface area contributed by atoms with E-state index in [1.165, 1.54) is 6.07 Å². The summed E-state index contributed by atoms with van der Waals surface area (Å²) in [4.78, 5) is 1.91. The number of nitrogens with zero attached hydrogens (tertiary/aromatic N) is 1. The Morgan fingerprint density at radius 1 is 1.31 bits per heavy atom. The number of hydrogen-bond donors (Lipinski definition) is 1.